The van der Waals surface area contributed by atoms with Crippen LogP contribution in [0.5, 0.6) is 0 Å². The summed E-state index contributed by atoms with van der Waals surface area (Å²) in [5.41, 5.74) is 2.38. The maximum absolute atomic E-state index is 12.0. The van der Waals surface area contributed by atoms with Gasteiger partial charge in [0.2, 0.25) is 15.9 Å². The van der Waals surface area contributed by atoms with Gasteiger partial charge in [-0.15, -0.1) is 0 Å². The zero-order valence-electron chi connectivity index (χ0n) is 14.5. The van der Waals surface area contributed by atoms with Crippen molar-refractivity contribution < 1.29 is 13.2 Å². The third kappa shape index (κ3) is 6.75. The first kappa shape index (κ1) is 19.7. The van der Waals surface area contributed by atoms with Crippen molar-refractivity contribution in [1.82, 2.24) is 9.62 Å². The van der Waals surface area contributed by atoms with Crippen molar-refractivity contribution in [3.63, 3.8) is 0 Å². The molecule has 5 nitrogen and oxygen atoms in total. The maximum Gasteiger partial charge on any atom is 0.220 e. The van der Waals surface area contributed by atoms with E-state index >= 15 is 0 Å². The van der Waals surface area contributed by atoms with Crippen molar-refractivity contribution in [1.29, 1.82) is 0 Å². The van der Waals surface area contributed by atoms with Gasteiger partial charge in [0.05, 0.1) is 5.75 Å². The Kier molecular flexibility index (Phi) is 7.78. The largest absolute Gasteiger partial charge is 0.361 e. The molecule has 1 amide bonds. The topological polar surface area (TPSA) is 66.5 Å². The van der Waals surface area contributed by atoms with E-state index in [-0.39, 0.29) is 30.6 Å². The Morgan fingerprint density at radius 3 is 2.39 bits per heavy atom. The lowest BCUT2D eigenvalue weighted by atomic mass is 9.89. The van der Waals surface area contributed by atoms with Crippen LogP contribution in [-0.4, -0.2) is 51.3 Å². The molecule has 0 bridgehead atoms. The minimum Gasteiger partial charge on any atom is -0.361 e. The summed E-state index contributed by atoms with van der Waals surface area (Å²) in [7, 11) is -1.28. The number of aryl methyl sites for hydroxylation is 1. The van der Waals surface area contributed by atoms with Crippen molar-refractivity contribution in [3.8, 4) is 0 Å². The fourth-order valence-corrected chi connectivity index (χ4v) is 3.51. The van der Waals surface area contributed by atoms with E-state index < -0.39 is 10.0 Å². The number of nitrogens with one attached hydrogen (secondary N) is 1. The number of benzene rings is 1. The number of sulfonamides is 1. The number of carbonyl (C=O) groups excluding carboxylic acids is 1. The lowest BCUT2D eigenvalue weighted by Gasteiger charge is -2.20. The minimum absolute atomic E-state index is 0.0167. The van der Waals surface area contributed by atoms with Crippen LogP contribution in [0.2, 0.25) is 0 Å². The summed E-state index contributed by atoms with van der Waals surface area (Å²) in [5.74, 6) is -0.0378. The van der Waals surface area contributed by atoms with Gasteiger partial charge in [0.1, 0.15) is 7.85 Å². The van der Waals surface area contributed by atoms with Crippen LogP contribution in [-0.2, 0) is 21.2 Å². The summed E-state index contributed by atoms with van der Waals surface area (Å²) in [6.45, 7) is 6.06. The van der Waals surface area contributed by atoms with Crippen LogP contribution in [0.4, 0.5) is 0 Å². The second kappa shape index (κ2) is 9.08. The van der Waals surface area contributed by atoms with Crippen LogP contribution in [0, 0.1) is 6.92 Å². The fourth-order valence-electron chi connectivity index (χ4n) is 2.38. The molecule has 0 radical (unpaired) electrons. The number of carbonyl (C=O) groups is 1. The molecule has 0 aliphatic rings. The average Bonchev–Trinajstić information content (AvgIpc) is 2.49. The molecular formula is C16H27BN2O3S. The average molecular weight is 338 g/mol. The van der Waals surface area contributed by atoms with E-state index in [0.29, 0.717) is 6.54 Å². The first-order chi connectivity index (χ1) is 10.8. The predicted octanol–water partition coefficient (Wildman–Crippen LogP) is 0.675. The molecule has 0 aliphatic heterocycles. The van der Waals surface area contributed by atoms with E-state index in [1.54, 1.807) is 13.8 Å². The van der Waals surface area contributed by atoms with Gasteiger partial charge in [-0.05, 0) is 25.8 Å². The zero-order valence-corrected chi connectivity index (χ0v) is 15.3. The smallest absolute Gasteiger partial charge is 0.220 e. The Labute approximate surface area is 140 Å². The molecule has 7 heteroatoms. The van der Waals surface area contributed by atoms with Gasteiger partial charge in [-0.2, -0.15) is 0 Å². The molecule has 128 valence electrons. The molecule has 0 aliphatic carbocycles. The quantitative estimate of drug-likeness (QED) is 0.673. The van der Waals surface area contributed by atoms with Crippen molar-refractivity contribution in [2.24, 2.45) is 0 Å². The second-order valence-electron chi connectivity index (χ2n) is 5.80. The number of nitrogens with zero attached hydrogens (tertiary/aromatic N) is 1. The summed E-state index contributed by atoms with van der Waals surface area (Å²) in [6, 6.07) is 8.23. The number of rotatable bonds is 9. The first-order valence-corrected chi connectivity index (χ1v) is 9.72. The Balaban J connectivity index is 2.45. The molecule has 0 fully saturated rings. The highest BCUT2D eigenvalue weighted by Gasteiger charge is 2.19. The zero-order chi connectivity index (χ0) is 17.5. The molecule has 0 spiro atoms. The highest BCUT2D eigenvalue weighted by atomic mass is 32.2. The van der Waals surface area contributed by atoms with E-state index in [4.69, 9.17) is 0 Å². The summed E-state index contributed by atoms with van der Waals surface area (Å²) in [4.78, 5) is 12.0. The summed E-state index contributed by atoms with van der Waals surface area (Å²) < 4.78 is 25.0. The third-order valence-electron chi connectivity index (χ3n) is 3.77. The van der Waals surface area contributed by atoms with Crippen LogP contribution in [0.15, 0.2) is 24.3 Å². The highest BCUT2D eigenvalue weighted by molar-refractivity contribution is 7.89. The van der Waals surface area contributed by atoms with Crippen LogP contribution in [0.3, 0.4) is 0 Å². The van der Waals surface area contributed by atoms with E-state index in [1.807, 2.05) is 14.8 Å². The van der Waals surface area contributed by atoms with E-state index in [9.17, 15) is 13.2 Å². The van der Waals surface area contributed by atoms with Crippen molar-refractivity contribution in [2.75, 3.05) is 18.8 Å². The Bertz CT molecular complexity index is 602. The van der Waals surface area contributed by atoms with Gasteiger partial charge < -0.3 is 5.32 Å². The molecule has 0 heterocycles. The fraction of sp³-hybridized carbons (Fsp3) is 0.562. The molecule has 1 atom stereocenters. The third-order valence-corrected chi connectivity index (χ3v) is 5.73. The van der Waals surface area contributed by atoms with Gasteiger partial charge in [0.25, 0.3) is 0 Å². The standard InChI is InChI=1S/C16H27BN2O3S/c1-4-19(23(21,22)5-2)11-10-16(20)18-15(17)12-14-8-6-13(3)7-9-14/h6-9,15H,4-5,10-12,17H2,1-3H3,(H,18,20)/t15-/m0/s1. The molecule has 1 rings (SSSR count). The maximum atomic E-state index is 12.0. The molecule has 1 N–H and O–H groups in total. The summed E-state index contributed by atoms with van der Waals surface area (Å²) >= 11 is 0. The summed E-state index contributed by atoms with van der Waals surface area (Å²) in [5, 5.41) is 2.93. The van der Waals surface area contributed by atoms with Crippen molar-refractivity contribution in [2.45, 2.75) is 39.6 Å². The van der Waals surface area contributed by atoms with Crippen molar-refractivity contribution >= 4 is 23.8 Å². The lowest BCUT2D eigenvalue weighted by molar-refractivity contribution is -0.121. The van der Waals surface area contributed by atoms with E-state index in [1.165, 1.54) is 15.4 Å². The van der Waals surface area contributed by atoms with Gasteiger partial charge >= 0.3 is 0 Å². The van der Waals surface area contributed by atoms with Gasteiger partial charge in [0.15, 0.2) is 0 Å². The highest BCUT2D eigenvalue weighted by Crippen LogP contribution is 2.06. The molecule has 1 aromatic carbocycles. The Hall–Kier alpha value is -1.34. The van der Waals surface area contributed by atoms with Gasteiger partial charge in [-0.3, -0.25) is 4.79 Å². The van der Waals surface area contributed by atoms with Gasteiger partial charge in [0, 0.05) is 25.5 Å². The molecular weight excluding hydrogens is 311 g/mol. The van der Waals surface area contributed by atoms with Crippen LogP contribution in [0.25, 0.3) is 0 Å². The number of amides is 1. The van der Waals surface area contributed by atoms with Crippen molar-refractivity contribution in [3.05, 3.63) is 35.4 Å². The van der Waals surface area contributed by atoms with Crippen LogP contribution < -0.4 is 5.32 Å². The van der Waals surface area contributed by atoms with Gasteiger partial charge in [-0.25, -0.2) is 12.7 Å². The molecule has 0 saturated heterocycles. The first-order valence-electron chi connectivity index (χ1n) is 8.11. The van der Waals surface area contributed by atoms with Gasteiger partial charge in [-0.1, -0.05) is 36.8 Å². The number of hydrogen-bond donors (Lipinski definition) is 1. The molecule has 23 heavy (non-hydrogen) atoms. The minimum atomic E-state index is -3.23. The summed E-state index contributed by atoms with van der Waals surface area (Å²) in [6.07, 6.45) is 0.947. The molecule has 1 aromatic rings. The number of hydrogen-bond acceptors (Lipinski definition) is 3. The predicted molar refractivity (Wildman–Crippen MR) is 96.7 cm³/mol. The molecule has 0 saturated carbocycles. The lowest BCUT2D eigenvalue weighted by Crippen LogP contribution is -2.40. The van der Waals surface area contributed by atoms with E-state index in [0.717, 1.165) is 6.42 Å². The Morgan fingerprint density at radius 2 is 1.87 bits per heavy atom. The molecule has 0 aromatic heterocycles. The van der Waals surface area contributed by atoms with E-state index in [2.05, 4.69) is 29.6 Å². The monoisotopic (exact) mass is 338 g/mol. The second-order valence-corrected chi connectivity index (χ2v) is 8.06. The van der Waals surface area contributed by atoms with Crippen LogP contribution in [0.1, 0.15) is 31.4 Å². The van der Waals surface area contributed by atoms with Crippen LogP contribution >= 0.6 is 0 Å². The SMILES string of the molecule is B[C@H](Cc1ccc(C)cc1)NC(=O)CCN(CC)S(=O)(=O)CC. The Morgan fingerprint density at radius 1 is 1.26 bits per heavy atom. The normalized spacial score (nSPS) is 13.0. The molecule has 0 unspecified atom stereocenters.